The summed E-state index contributed by atoms with van der Waals surface area (Å²) in [4.78, 5) is 2.28. The number of benzene rings is 1. The number of sulfonamides is 1. The molecule has 0 N–H and O–H groups in total. The number of nitrogens with zero attached hydrogens (tertiary/aromatic N) is 2. The Hall–Kier alpha value is -0.330. The topological polar surface area (TPSA) is 40.6 Å². The molecule has 0 aliphatic carbocycles. The van der Waals surface area contributed by atoms with Gasteiger partial charge in [-0.1, -0.05) is 29.3 Å². The highest BCUT2D eigenvalue weighted by Gasteiger charge is 2.27. The maximum absolute atomic E-state index is 12.5. The van der Waals surface area contributed by atoms with Crippen LogP contribution in [0, 0.1) is 0 Å². The van der Waals surface area contributed by atoms with Crippen molar-refractivity contribution in [2.75, 3.05) is 26.2 Å². The molecular formula is C14H20Cl2N2O2S. The maximum atomic E-state index is 12.5. The Bertz CT molecular complexity index is 597. The van der Waals surface area contributed by atoms with E-state index in [0.717, 1.165) is 13.1 Å². The van der Waals surface area contributed by atoms with Gasteiger partial charge in [-0.25, -0.2) is 8.42 Å². The second kappa shape index (κ2) is 6.84. The van der Waals surface area contributed by atoms with Gasteiger partial charge in [-0.2, -0.15) is 4.31 Å². The van der Waals surface area contributed by atoms with Crippen LogP contribution >= 0.6 is 23.2 Å². The van der Waals surface area contributed by atoms with Crippen LogP contribution in [0.25, 0.3) is 0 Å². The van der Waals surface area contributed by atoms with Gasteiger partial charge in [0.15, 0.2) is 0 Å². The molecule has 0 saturated carbocycles. The molecule has 0 bridgehead atoms. The summed E-state index contributed by atoms with van der Waals surface area (Å²) in [6, 6.07) is 5.40. The van der Waals surface area contributed by atoms with Crippen LogP contribution in [0.3, 0.4) is 0 Å². The van der Waals surface area contributed by atoms with E-state index < -0.39 is 10.0 Å². The average molecular weight is 351 g/mol. The number of rotatable bonds is 4. The highest BCUT2D eigenvalue weighted by molar-refractivity contribution is 7.88. The van der Waals surface area contributed by atoms with Gasteiger partial charge in [0.25, 0.3) is 0 Å². The zero-order valence-corrected chi connectivity index (χ0v) is 14.5. The highest BCUT2D eigenvalue weighted by atomic mass is 35.5. The van der Waals surface area contributed by atoms with Gasteiger partial charge < -0.3 is 0 Å². The summed E-state index contributed by atoms with van der Waals surface area (Å²) >= 11 is 11.8. The molecule has 7 heteroatoms. The molecule has 1 saturated heterocycles. The zero-order valence-electron chi connectivity index (χ0n) is 12.2. The lowest BCUT2D eigenvalue weighted by molar-refractivity contribution is 0.154. The zero-order chi connectivity index (χ0) is 15.6. The SMILES string of the molecule is CC(C)N1CCN(S(=O)(=O)Cc2ccc(Cl)c(Cl)c2)CC1. The van der Waals surface area contributed by atoms with Crippen molar-refractivity contribution in [1.82, 2.24) is 9.21 Å². The molecule has 0 atom stereocenters. The van der Waals surface area contributed by atoms with Gasteiger partial charge in [0.1, 0.15) is 0 Å². The Morgan fingerprint density at radius 3 is 2.24 bits per heavy atom. The van der Waals surface area contributed by atoms with E-state index in [1.165, 1.54) is 0 Å². The van der Waals surface area contributed by atoms with Gasteiger partial charge >= 0.3 is 0 Å². The second-order valence-corrected chi connectivity index (χ2v) is 8.32. The average Bonchev–Trinajstić information content (AvgIpc) is 2.43. The normalized spacial score (nSPS) is 18.3. The minimum atomic E-state index is -3.31. The minimum absolute atomic E-state index is 0.0361. The Balaban J connectivity index is 2.04. The number of hydrogen-bond donors (Lipinski definition) is 0. The first-order valence-electron chi connectivity index (χ1n) is 6.95. The molecule has 1 aromatic rings. The monoisotopic (exact) mass is 350 g/mol. The number of halogens is 2. The third-order valence-electron chi connectivity index (χ3n) is 3.73. The van der Waals surface area contributed by atoms with Crippen LogP contribution in [-0.2, 0) is 15.8 Å². The molecule has 1 fully saturated rings. The summed E-state index contributed by atoms with van der Waals surface area (Å²) in [6.07, 6.45) is 0. The van der Waals surface area contributed by atoms with Gasteiger partial charge in [-0.3, -0.25) is 4.90 Å². The molecule has 1 aliphatic rings. The number of hydrogen-bond acceptors (Lipinski definition) is 3. The lowest BCUT2D eigenvalue weighted by Gasteiger charge is -2.36. The highest BCUT2D eigenvalue weighted by Crippen LogP contribution is 2.24. The van der Waals surface area contributed by atoms with E-state index >= 15 is 0 Å². The van der Waals surface area contributed by atoms with Gasteiger partial charge in [-0.05, 0) is 31.5 Å². The molecule has 0 amide bonds. The summed E-state index contributed by atoms with van der Waals surface area (Å²) in [5.41, 5.74) is 0.663. The molecule has 118 valence electrons. The molecule has 0 unspecified atom stereocenters. The Labute approximate surface area is 136 Å². The maximum Gasteiger partial charge on any atom is 0.218 e. The fraction of sp³-hybridized carbons (Fsp3) is 0.571. The number of piperazine rings is 1. The molecule has 1 aliphatic heterocycles. The Morgan fingerprint density at radius 1 is 1.10 bits per heavy atom. The van der Waals surface area contributed by atoms with Crippen LogP contribution in [0.2, 0.25) is 10.0 Å². The van der Waals surface area contributed by atoms with E-state index in [9.17, 15) is 8.42 Å². The van der Waals surface area contributed by atoms with Crippen molar-refractivity contribution in [3.8, 4) is 0 Å². The van der Waals surface area contributed by atoms with E-state index in [-0.39, 0.29) is 5.75 Å². The quantitative estimate of drug-likeness (QED) is 0.838. The lowest BCUT2D eigenvalue weighted by Crippen LogP contribution is -2.50. The van der Waals surface area contributed by atoms with Crippen molar-refractivity contribution in [3.05, 3.63) is 33.8 Å². The summed E-state index contributed by atoms with van der Waals surface area (Å²) in [5, 5.41) is 0.817. The van der Waals surface area contributed by atoms with Crippen molar-refractivity contribution < 1.29 is 8.42 Å². The molecule has 0 radical (unpaired) electrons. The standard InChI is InChI=1S/C14H20Cl2N2O2S/c1-11(2)17-5-7-18(8-6-17)21(19,20)10-12-3-4-13(15)14(16)9-12/h3-4,9,11H,5-8,10H2,1-2H3. The molecule has 2 rings (SSSR count). The summed E-state index contributed by atoms with van der Waals surface area (Å²) in [5.74, 6) is -0.0361. The second-order valence-electron chi connectivity index (χ2n) is 5.53. The molecule has 0 spiro atoms. The van der Waals surface area contributed by atoms with Crippen LogP contribution in [0.4, 0.5) is 0 Å². The molecule has 4 nitrogen and oxygen atoms in total. The van der Waals surface area contributed by atoms with Crippen molar-refractivity contribution in [2.24, 2.45) is 0 Å². The van der Waals surface area contributed by atoms with Crippen LogP contribution in [-0.4, -0.2) is 49.8 Å². The minimum Gasteiger partial charge on any atom is -0.298 e. The molecule has 1 heterocycles. The predicted octanol–water partition coefficient (Wildman–Crippen LogP) is 2.85. The van der Waals surface area contributed by atoms with Gasteiger partial charge in [0.05, 0.1) is 15.8 Å². The van der Waals surface area contributed by atoms with E-state index in [1.807, 2.05) is 0 Å². The van der Waals surface area contributed by atoms with Crippen LogP contribution in [0.5, 0.6) is 0 Å². The van der Waals surface area contributed by atoms with E-state index in [0.29, 0.717) is 34.7 Å². The molecular weight excluding hydrogens is 331 g/mol. The van der Waals surface area contributed by atoms with Crippen LogP contribution in [0.1, 0.15) is 19.4 Å². The van der Waals surface area contributed by atoms with Crippen molar-refractivity contribution >= 4 is 33.2 Å². The molecule has 0 aromatic heterocycles. The Kier molecular flexibility index (Phi) is 5.54. The van der Waals surface area contributed by atoms with Crippen LogP contribution < -0.4 is 0 Å². The molecule has 21 heavy (non-hydrogen) atoms. The third-order valence-corrected chi connectivity index (χ3v) is 6.32. The largest absolute Gasteiger partial charge is 0.298 e. The summed E-state index contributed by atoms with van der Waals surface area (Å²) in [7, 11) is -3.31. The van der Waals surface area contributed by atoms with Crippen LogP contribution in [0.15, 0.2) is 18.2 Å². The van der Waals surface area contributed by atoms with Crippen molar-refractivity contribution in [1.29, 1.82) is 0 Å². The fourth-order valence-corrected chi connectivity index (χ4v) is 4.25. The van der Waals surface area contributed by atoms with Crippen molar-refractivity contribution in [3.63, 3.8) is 0 Å². The third kappa shape index (κ3) is 4.33. The van der Waals surface area contributed by atoms with Gasteiger partial charge in [-0.15, -0.1) is 0 Å². The van der Waals surface area contributed by atoms with E-state index in [2.05, 4.69) is 18.7 Å². The van der Waals surface area contributed by atoms with Crippen molar-refractivity contribution in [2.45, 2.75) is 25.6 Å². The van der Waals surface area contributed by atoms with E-state index in [4.69, 9.17) is 23.2 Å². The summed E-state index contributed by atoms with van der Waals surface area (Å²) in [6.45, 7) is 6.89. The first-order valence-corrected chi connectivity index (χ1v) is 9.32. The van der Waals surface area contributed by atoms with E-state index in [1.54, 1.807) is 22.5 Å². The predicted molar refractivity (Wildman–Crippen MR) is 87.4 cm³/mol. The summed E-state index contributed by atoms with van der Waals surface area (Å²) < 4.78 is 26.5. The lowest BCUT2D eigenvalue weighted by atomic mass is 10.2. The van der Waals surface area contributed by atoms with Gasteiger partial charge in [0.2, 0.25) is 10.0 Å². The molecule has 1 aromatic carbocycles. The first-order chi connectivity index (χ1) is 9.79. The fourth-order valence-electron chi connectivity index (χ4n) is 2.43. The first kappa shape index (κ1) is 17.0. The van der Waals surface area contributed by atoms with Gasteiger partial charge in [0, 0.05) is 32.2 Å². The Morgan fingerprint density at radius 2 is 1.71 bits per heavy atom. The smallest absolute Gasteiger partial charge is 0.218 e.